The molecule has 1 fully saturated rings. The first-order chi connectivity index (χ1) is 9.24. The van der Waals surface area contributed by atoms with Crippen molar-refractivity contribution in [1.29, 1.82) is 0 Å². The summed E-state index contributed by atoms with van der Waals surface area (Å²) < 4.78 is 0. The Hall–Kier alpha value is -2.14. The first-order valence-corrected chi connectivity index (χ1v) is 6.34. The first-order valence-electron chi connectivity index (χ1n) is 6.34. The minimum atomic E-state index is -0.0310. The van der Waals surface area contributed by atoms with Crippen LogP contribution in [0.25, 0.3) is 10.9 Å². The van der Waals surface area contributed by atoms with Gasteiger partial charge in [0, 0.05) is 31.6 Å². The predicted molar refractivity (Wildman–Crippen MR) is 72.2 cm³/mol. The van der Waals surface area contributed by atoms with Crippen molar-refractivity contribution in [2.75, 3.05) is 26.2 Å². The van der Waals surface area contributed by atoms with E-state index in [4.69, 9.17) is 0 Å². The third kappa shape index (κ3) is 2.37. The molecule has 0 atom stereocenters. The molecule has 0 aliphatic carbocycles. The van der Waals surface area contributed by atoms with Gasteiger partial charge in [0.25, 0.3) is 5.91 Å². The van der Waals surface area contributed by atoms with Crippen LogP contribution in [0, 0.1) is 0 Å². The number of phenols is 1. The number of phenolic OH excluding ortho intramolecular Hbond substituents is 1. The van der Waals surface area contributed by atoms with Crippen LogP contribution in [0.3, 0.4) is 0 Å². The van der Waals surface area contributed by atoms with E-state index in [2.05, 4.69) is 10.3 Å². The zero-order chi connectivity index (χ0) is 13.2. The van der Waals surface area contributed by atoms with Gasteiger partial charge in [0.15, 0.2) is 0 Å². The number of hydrogen-bond donors (Lipinski definition) is 2. The number of hydrogen-bond acceptors (Lipinski definition) is 4. The molecule has 1 saturated heterocycles. The normalized spacial score (nSPS) is 15.7. The third-order valence-electron chi connectivity index (χ3n) is 3.30. The lowest BCUT2D eigenvalue weighted by molar-refractivity contribution is 0.0730. The van der Waals surface area contributed by atoms with E-state index >= 15 is 0 Å². The highest BCUT2D eigenvalue weighted by Gasteiger charge is 2.19. The van der Waals surface area contributed by atoms with E-state index in [1.54, 1.807) is 24.3 Å². The van der Waals surface area contributed by atoms with Crippen LogP contribution in [0.2, 0.25) is 0 Å². The maximum Gasteiger partial charge on any atom is 0.272 e. The lowest BCUT2D eigenvalue weighted by atomic mass is 10.2. The number of aromatic nitrogens is 1. The number of carbonyl (C=O) groups excluding carboxylic acids is 1. The summed E-state index contributed by atoms with van der Waals surface area (Å²) in [5, 5.41) is 13.4. The van der Waals surface area contributed by atoms with E-state index in [0.29, 0.717) is 18.8 Å². The van der Waals surface area contributed by atoms with Crippen molar-refractivity contribution in [3.63, 3.8) is 0 Å². The molecule has 0 spiro atoms. The molecule has 1 aromatic heterocycles. The van der Waals surface area contributed by atoms with Gasteiger partial charge in [-0.15, -0.1) is 0 Å². The summed E-state index contributed by atoms with van der Waals surface area (Å²) in [6.07, 6.45) is 0. The van der Waals surface area contributed by atoms with Gasteiger partial charge in [-0.1, -0.05) is 6.07 Å². The third-order valence-corrected chi connectivity index (χ3v) is 3.30. The number of nitrogens with zero attached hydrogens (tertiary/aromatic N) is 2. The average molecular weight is 257 g/mol. The summed E-state index contributed by atoms with van der Waals surface area (Å²) in [7, 11) is 0. The molecule has 2 heterocycles. The topological polar surface area (TPSA) is 65.5 Å². The van der Waals surface area contributed by atoms with Gasteiger partial charge in [-0.05, 0) is 24.3 Å². The van der Waals surface area contributed by atoms with E-state index < -0.39 is 0 Å². The van der Waals surface area contributed by atoms with Crippen molar-refractivity contribution in [2.45, 2.75) is 0 Å². The van der Waals surface area contributed by atoms with Crippen molar-refractivity contribution >= 4 is 16.8 Å². The lowest BCUT2D eigenvalue weighted by Gasteiger charge is -2.27. The lowest BCUT2D eigenvalue weighted by Crippen LogP contribution is -2.46. The Kier molecular flexibility index (Phi) is 3.05. The van der Waals surface area contributed by atoms with Crippen LogP contribution >= 0.6 is 0 Å². The highest BCUT2D eigenvalue weighted by Crippen LogP contribution is 2.19. The highest BCUT2D eigenvalue weighted by atomic mass is 16.3. The Balaban J connectivity index is 1.92. The zero-order valence-electron chi connectivity index (χ0n) is 10.5. The molecule has 98 valence electrons. The van der Waals surface area contributed by atoms with Gasteiger partial charge >= 0.3 is 0 Å². The number of benzene rings is 1. The van der Waals surface area contributed by atoms with Crippen LogP contribution in [0.4, 0.5) is 0 Å². The maximum atomic E-state index is 12.3. The highest BCUT2D eigenvalue weighted by molar-refractivity contribution is 5.95. The molecular weight excluding hydrogens is 242 g/mol. The molecular formula is C14H15N3O2. The molecule has 19 heavy (non-hydrogen) atoms. The number of pyridine rings is 1. The molecule has 5 nitrogen and oxygen atoms in total. The molecule has 0 bridgehead atoms. The van der Waals surface area contributed by atoms with Crippen LogP contribution < -0.4 is 5.32 Å². The second kappa shape index (κ2) is 4.85. The van der Waals surface area contributed by atoms with E-state index in [-0.39, 0.29) is 11.7 Å². The second-order valence-corrected chi connectivity index (χ2v) is 4.62. The molecule has 0 saturated carbocycles. The first kappa shape index (κ1) is 11.9. The fourth-order valence-corrected chi connectivity index (χ4v) is 2.26. The van der Waals surface area contributed by atoms with Gasteiger partial charge in [-0.25, -0.2) is 4.98 Å². The number of piperazine rings is 1. The van der Waals surface area contributed by atoms with Crippen LogP contribution in [0.15, 0.2) is 30.3 Å². The van der Waals surface area contributed by atoms with Gasteiger partial charge in [-0.2, -0.15) is 0 Å². The van der Waals surface area contributed by atoms with Crippen molar-refractivity contribution in [3.05, 3.63) is 36.0 Å². The number of amides is 1. The fourth-order valence-electron chi connectivity index (χ4n) is 2.26. The average Bonchev–Trinajstić information content (AvgIpc) is 2.47. The minimum absolute atomic E-state index is 0.0310. The van der Waals surface area contributed by atoms with Crippen LogP contribution in [-0.2, 0) is 0 Å². The quantitative estimate of drug-likeness (QED) is 0.799. The molecule has 2 N–H and O–H groups in total. The van der Waals surface area contributed by atoms with E-state index in [1.807, 2.05) is 11.0 Å². The Morgan fingerprint density at radius 2 is 2.00 bits per heavy atom. The molecule has 3 rings (SSSR count). The Morgan fingerprint density at radius 1 is 1.21 bits per heavy atom. The van der Waals surface area contributed by atoms with E-state index in [0.717, 1.165) is 24.0 Å². The van der Waals surface area contributed by atoms with Gasteiger partial charge in [0.2, 0.25) is 0 Å². The van der Waals surface area contributed by atoms with Crippen molar-refractivity contribution < 1.29 is 9.90 Å². The van der Waals surface area contributed by atoms with Gasteiger partial charge in [0.1, 0.15) is 11.4 Å². The number of fused-ring (bicyclic) bond motifs is 1. The molecule has 0 radical (unpaired) electrons. The van der Waals surface area contributed by atoms with Crippen molar-refractivity contribution in [1.82, 2.24) is 15.2 Å². The molecule has 0 unspecified atom stereocenters. The predicted octanol–water partition coefficient (Wildman–Crippen LogP) is 0.986. The number of rotatable bonds is 1. The molecule has 1 amide bonds. The monoisotopic (exact) mass is 257 g/mol. The van der Waals surface area contributed by atoms with Gasteiger partial charge in [0.05, 0.1) is 5.52 Å². The van der Waals surface area contributed by atoms with Crippen LogP contribution in [0.5, 0.6) is 5.75 Å². The number of aromatic hydroxyl groups is 1. The smallest absolute Gasteiger partial charge is 0.272 e. The van der Waals surface area contributed by atoms with Crippen LogP contribution in [0.1, 0.15) is 10.5 Å². The minimum Gasteiger partial charge on any atom is -0.508 e. The summed E-state index contributed by atoms with van der Waals surface area (Å²) >= 11 is 0. The second-order valence-electron chi connectivity index (χ2n) is 4.62. The van der Waals surface area contributed by atoms with Crippen LogP contribution in [-0.4, -0.2) is 47.1 Å². The Bertz CT molecular complexity index is 621. The van der Waals surface area contributed by atoms with Crippen molar-refractivity contribution in [2.24, 2.45) is 0 Å². The summed E-state index contributed by atoms with van der Waals surface area (Å²) in [5.74, 6) is 0.173. The molecule has 1 aromatic carbocycles. The fraction of sp³-hybridized carbons (Fsp3) is 0.286. The summed E-state index contributed by atoms with van der Waals surface area (Å²) in [6, 6.07) is 8.47. The molecule has 1 aliphatic heterocycles. The summed E-state index contributed by atoms with van der Waals surface area (Å²) in [4.78, 5) is 18.5. The van der Waals surface area contributed by atoms with Gasteiger partial charge in [-0.3, -0.25) is 4.79 Å². The molecule has 1 aliphatic rings. The number of nitrogens with one attached hydrogen (secondary N) is 1. The Labute approximate surface area is 110 Å². The maximum absolute atomic E-state index is 12.3. The van der Waals surface area contributed by atoms with E-state index in [9.17, 15) is 9.90 Å². The molecule has 5 heteroatoms. The zero-order valence-corrected chi connectivity index (χ0v) is 10.5. The largest absolute Gasteiger partial charge is 0.508 e. The SMILES string of the molecule is O=C(c1ccc2cc(O)ccc2n1)N1CCNCC1. The number of carbonyl (C=O) groups is 1. The summed E-state index contributed by atoms with van der Waals surface area (Å²) in [5.41, 5.74) is 1.18. The molecule has 2 aromatic rings. The van der Waals surface area contributed by atoms with Crippen molar-refractivity contribution in [3.8, 4) is 5.75 Å². The Morgan fingerprint density at radius 3 is 2.79 bits per heavy atom. The standard InChI is InChI=1S/C14H15N3O2/c18-11-2-4-12-10(9-11)1-3-13(16-12)14(19)17-7-5-15-6-8-17/h1-4,9,15,18H,5-8H2. The van der Waals surface area contributed by atoms with E-state index in [1.165, 1.54) is 0 Å². The summed E-state index contributed by atoms with van der Waals surface area (Å²) in [6.45, 7) is 3.09. The van der Waals surface area contributed by atoms with Gasteiger partial charge < -0.3 is 15.3 Å².